The highest BCUT2D eigenvalue weighted by Crippen LogP contribution is 2.32. The molecule has 0 spiro atoms. The predicted molar refractivity (Wildman–Crippen MR) is 97.3 cm³/mol. The number of halogens is 2. The second kappa shape index (κ2) is 5.99. The van der Waals surface area contributed by atoms with Crippen LogP contribution in [-0.2, 0) is 0 Å². The van der Waals surface area contributed by atoms with Gasteiger partial charge in [0.05, 0.1) is 0 Å². The summed E-state index contributed by atoms with van der Waals surface area (Å²) < 4.78 is 8.66. The van der Waals surface area contributed by atoms with Crippen molar-refractivity contribution < 1.29 is 4.74 Å². The van der Waals surface area contributed by atoms with Crippen LogP contribution < -0.4 is 4.74 Å². The summed E-state index contributed by atoms with van der Waals surface area (Å²) >= 11 is 4.71. The molecule has 0 atom stereocenters. The first-order chi connectivity index (χ1) is 8.88. The third-order valence-corrected chi connectivity index (χ3v) is 5.46. The Kier molecular flexibility index (Phi) is 4.76. The predicted octanol–water partition coefficient (Wildman–Crippen LogP) is 5.92. The lowest BCUT2D eigenvalue weighted by atomic mass is 10.1. The molecule has 3 heteroatoms. The Morgan fingerprint density at radius 3 is 1.37 bits per heavy atom. The number of hydrogen-bond donors (Lipinski definition) is 0. The van der Waals surface area contributed by atoms with E-state index in [9.17, 15) is 0 Å². The van der Waals surface area contributed by atoms with E-state index in [0.29, 0.717) is 0 Å². The fourth-order valence-electron chi connectivity index (χ4n) is 1.85. The molecule has 100 valence electrons. The highest BCUT2D eigenvalue weighted by Gasteiger charge is 2.08. The summed E-state index contributed by atoms with van der Waals surface area (Å²) in [6, 6.07) is 8.56. The third-order valence-electron chi connectivity index (χ3n) is 3.13. The van der Waals surface area contributed by atoms with E-state index in [0.717, 1.165) is 11.5 Å². The first kappa shape index (κ1) is 15.1. The fraction of sp³-hybridized carbons (Fsp3) is 0.250. The molecule has 0 radical (unpaired) electrons. The third kappa shape index (κ3) is 3.42. The second-order valence-electron chi connectivity index (χ2n) is 4.84. The van der Waals surface area contributed by atoms with E-state index in [2.05, 4.69) is 97.1 Å². The molecule has 0 saturated heterocycles. The SMILES string of the molecule is Cc1cc(Oc2cc(C)c(I)cc2C)c(C)cc1I. The lowest BCUT2D eigenvalue weighted by Gasteiger charge is -2.14. The van der Waals surface area contributed by atoms with Crippen molar-refractivity contribution in [1.82, 2.24) is 0 Å². The molecule has 0 aromatic heterocycles. The van der Waals surface area contributed by atoms with Crippen molar-refractivity contribution in [2.45, 2.75) is 27.7 Å². The van der Waals surface area contributed by atoms with Gasteiger partial charge in [-0.25, -0.2) is 0 Å². The van der Waals surface area contributed by atoms with Crippen LogP contribution in [-0.4, -0.2) is 0 Å². The van der Waals surface area contributed by atoms with Crippen LogP contribution in [0.5, 0.6) is 11.5 Å². The number of rotatable bonds is 2. The summed E-state index contributed by atoms with van der Waals surface area (Å²) in [7, 11) is 0. The van der Waals surface area contributed by atoms with Gasteiger partial charge < -0.3 is 4.74 Å². The minimum atomic E-state index is 0.946. The maximum Gasteiger partial charge on any atom is 0.130 e. The molecule has 1 nitrogen and oxygen atoms in total. The summed E-state index contributed by atoms with van der Waals surface area (Å²) in [4.78, 5) is 0. The van der Waals surface area contributed by atoms with Crippen LogP contribution in [0.15, 0.2) is 24.3 Å². The van der Waals surface area contributed by atoms with Gasteiger partial charge in [0.25, 0.3) is 0 Å². The summed E-state index contributed by atoms with van der Waals surface area (Å²) in [5.41, 5.74) is 4.85. The molecule has 0 fully saturated rings. The van der Waals surface area contributed by atoms with E-state index in [-0.39, 0.29) is 0 Å². The van der Waals surface area contributed by atoms with E-state index in [1.807, 2.05) is 0 Å². The van der Waals surface area contributed by atoms with Gasteiger partial charge in [-0.15, -0.1) is 0 Å². The first-order valence-corrected chi connectivity index (χ1v) is 8.25. The van der Waals surface area contributed by atoms with Crippen molar-refractivity contribution in [3.63, 3.8) is 0 Å². The first-order valence-electron chi connectivity index (χ1n) is 6.10. The molecule has 0 aliphatic rings. The van der Waals surface area contributed by atoms with E-state index < -0.39 is 0 Å². The van der Waals surface area contributed by atoms with Crippen molar-refractivity contribution >= 4 is 45.2 Å². The van der Waals surface area contributed by atoms with Gasteiger partial charge in [0.1, 0.15) is 11.5 Å². The Balaban J connectivity index is 2.42. The van der Waals surface area contributed by atoms with Crippen molar-refractivity contribution in [3.8, 4) is 11.5 Å². The van der Waals surface area contributed by atoms with Crippen molar-refractivity contribution in [2.24, 2.45) is 0 Å². The van der Waals surface area contributed by atoms with E-state index in [1.165, 1.54) is 29.4 Å². The molecule has 2 aromatic carbocycles. The summed E-state index contributed by atoms with van der Waals surface area (Å²) in [6.07, 6.45) is 0. The Morgan fingerprint density at radius 2 is 1.00 bits per heavy atom. The smallest absolute Gasteiger partial charge is 0.130 e. The average molecular weight is 478 g/mol. The van der Waals surface area contributed by atoms with Gasteiger partial charge in [0.15, 0.2) is 0 Å². The van der Waals surface area contributed by atoms with Crippen LogP contribution in [0.2, 0.25) is 0 Å². The monoisotopic (exact) mass is 478 g/mol. The summed E-state index contributed by atoms with van der Waals surface area (Å²) in [5.74, 6) is 1.89. The maximum atomic E-state index is 6.10. The van der Waals surface area contributed by atoms with E-state index >= 15 is 0 Å². The molecule has 0 heterocycles. The van der Waals surface area contributed by atoms with Gasteiger partial charge in [0, 0.05) is 7.14 Å². The van der Waals surface area contributed by atoms with Gasteiger partial charge in [-0.3, -0.25) is 0 Å². The number of benzene rings is 2. The van der Waals surface area contributed by atoms with Crippen LogP contribution in [0.1, 0.15) is 22.3 Å². The molecule has 19 heavy (non-hydrogen) atoms. The van der Waals surface area contributed by atoms with Crippen molar-refractivity contribution in [1.29, 1.82) is 0 Å². The van der Waals surface area contributed by atoms with Crippen LogP contribution >= 0.6 is 45.2 Å². The highest BCUT2D eigenvalue weighted by atomic mass is 127. The molecule has 0 saturated carbocycles. The lowest BCUT2D eigenvalue weighted by Crippen LogP contribution is -1.94. The zero-order valence-corrected chi connectivity index (χ0v) is 15.8. The van der Waals surface area contributed by atoms with Crippen LogP contribution in [0.3, 0.4) is 0 Å². The topological polar surface area (TPSA) is 9.23 Å². The summed E-state index contributed by atoms with van der Waals surface area (Å²) in [6.45, 7) is 8.40. The zero-order valence-electron chi connectivity index (χ0n) is 11.5. The number of ether oxygens (including phenoxy) is 1. The minimum absolute atomic E-state index is 0.946. The Hall–Kier alpha value is -0.300. The number of hydrogen-bond acceptors (Lipinski definition) is 1. The quantitative estimate of drug-likeness (QED) is 0.487. The standard InChI is InChI=1S/C16H16I2O/c1-9-7-15(11(3)5-13(9)17)19-16-8-10(2)14(18)6-12(16)4/h5-8H,1-4H3. The average Bonchev–Trinajstić information content (AvgIpc) is 2.32. The fourth-order valence-corrected chi connectivity index (χ4v) is 3.09. The van der Waals surface area contributed by atoms with Crippen LogP contribution in [0.4, 0.5) is 0 Å². The van der Waals surface area contributed by atoms with Gasteiger partial charge in [0.2, 0.25) is 0 Å². The molecule has 0 unspecified atom stereocenters. The number of aryl methyl sites for hydroxylation is 4. The Labute approximate surface area is 142 Å². The summed E-state index contributed by atoms with van der Waals surface area (Å²) in [5, 5.41) is 0. The molecule has 0 bridgehead atoms. The maximum absolute atomic E-state index is 6.10. The zero-order chi connectivity index (χ0) is 14.2. The second-order valence-corrected chi connectivity index (χ2v) is 7.16. The molecule has 0 N–H and O–H groups in total. The molecule has 0 aliphatic carbocycles. The van der Waals surface area contributed by atoms with E-state index in [4.69, 9.17) is 4.74 Å². The van der Waals surface area contributed by atoms with Gasteiger partial charge in [-0.2, -0.15) is 0 Å². The molecule has 0 aliphatic heterocycles. The van der Waals surface area contributed by atoms with E-state index in [1.54, 1.807) is 0 Å². The van der Waals surface area contributed by atoms with Crippen LogP contribution in [0, 0.1) is 34.8 Å². The van der Waals surface area contributed by atoms with Gasteiger partial charge in [-0.1, -0.05) is 0 Å². The molecular formula is C16H16I2O. The van der Waals surface area contributed by atoms with Crippen LogP contribution in [0.25, 0.3) is 0 Å². The molecule has 0 amide bonds. The lowest BCUT2D eigenvalue weighted by molar-refractivity contribution is 0.474. The largest absolute Gasteiger partial charge is 0.457 e. The van der Waals surface area contributed by atoms with Gasteiger partial charge in [-0.05, 0) is 119 Å². The Bertz CT molecular complexity index is 578. The van der Waals surface area contributed by atoms with Crippen molar-refractivity contribution in [3.05, 3.63) is 53.7 Å². The Morgan fingerprint density at radius 1 is 0.632 bits per heavy atom. The van der Waals surface area contributed by atoms with Gasteiger partial charge >= 0.3 is 0 Å². The molecule has 2 aromatic rings. The molecule has 2 rings (SSSR count). The minimum Gasteiger partial charge on any atom is -0.457 e. The highest BCUT2D eigenvalue weighted by molar-refractivity contribution is 14.1. The normalized spacial score (nSPS) is 10.6. The molecular weight excluding hydrogens is 462 g/mol. The van der Waals surface area contributed by atoms with Crippen molar-refractivity contribution in [2.75, 3.05) is 0 Å².